The van der Waals surface area contributed by atoms with Crippen molar-refractivity contribution >= 4 is 39.8 Å². The van der Waals surface area contributed by atoms with Crippen LogP contribution in [-0.4, -0.2) is 15.3 Å². The van der Waals surface area contributed by atoms with E-state index in [0.29, 0.717) is 11.3 Å². The van der Waals surface area contributed by atoms with Crippen LogP contribution in [0.2, 0.25) is 0 Å². The molecule has 5 nitrogen and oxygen atoms in total. The van der Waals surface area contributed by atoms with Gasteiger partial charge in [-0.3, -0.25) is 14.0 Å². The van der Waals surface area contributed by atoms with E-state index in [2.05, 4.69) is 32.9 Å². The zero-order valence-electron chi connectivity index (χ0n) is 11.7. The third-order valence-electron chi connectivity index (χ3n) is 3.29. The molecule has 6 heteroatoms. The minimum Gasteiger partial charge on any atom is -0.322 e. The van der Waals surface area contributed by atoms with Crippen LogP contribution < -0.4 is 10.9 Å². The third-order valence-corrected chi connectivity index (χ3v) is 4.45. The lowest BCUT2D eigenvalue weighted by Crippen LogP contribution is -2.26. The summed E-state index contributed by atoms with van der Waals surface area (Å²) in [6.07, 6.45) is 2.91. The Morgan fingerprint density at radius 1 is 1.27 bits per heavy atom. The second-order valence-corrected chi connectivity index (χ2v) is 5.99. The monoisotopic (exact) mass is 405 g/mol. The maximum absolute atomic E-state index is 12.3. The molecule has 0 saturated carbocycles. The predicted molar refractivity (Wildman–Crippen MR) is 93.3 cm³/mol. The first-order valence-electron chi connectivity index (χ1n) is 6.60. The molecule has 0 atom stereocenters. The van der Waals surface area contributed by atoms with Crippen LogP contribution in [0.1, 0.15) is 15.9 Å². The molecule has 0 aliphatic heterocycles. The maximum atomic E-state index is 12.3. The van der Waals surface area contributed by atoms with E-state index < -0.39 is 5.91 Å². The molecule has 1 N–H and O–H groups in total. The number of aromatic nitrogens is 2. The van der Waals surface area contributed by atoms with Crippen molar-refractivity contribution < 1.29 is 4.79 Å². The normalized spacial score (nSPS) is 10.6. The first-order chi connectivity index (χ1) is 10.6. The van der Waals surface area contributed by atoms with Crippen molar-refractivity contribution in [2.75, 3.05) is 5.32 Å². The Hall–Kier alpha value is -2.22. The van der Waals surface area contributed by atoms with Crippen LogP contribution in [0.3, 0.4) is 0 Å². The number of hydrogen-bond donors (Lipinski definition) is 1. The van der Waals surface area contributed by atoms with Gasteiger partial charge in [0.15, 0.2) is 0 Å². The summed E-state index contributed by atoms with van der Waals surface area (Å²) in [5.74, 6) is -0.463. The van der Waals surface area contributed by atoms with Crippen molar-refractivity contribution in [2.45, 2.75) is 6.92 Å². The van der Waals surface area contributed by atoms with Gasteiger partial charge < -0.3 is 5.32 Å². The summed E-state index contributed by atoms with van der Waals surface area (Å²) in [7, 11) is 0. The highest BCUT2D eigenvalue weighted by molar-refractivity contribution is 14.1. The van der Waals surface area contributed by atoms with E-state index in [4.69, 9.17) is 0 Å². The predicted octanol–water partition coefficient (Wildman–Crippen LogP) is 2.86. The highest BCUT2D eigenvalue weighted by Crippen LogP contribution is 2.17. The summed E-state index contributed by atoms with van der Waals surface area (Å²) < 4.78 is 2.40. The molecule has 0 saturated heterocycles. The van der Waals surface area contributed by atoms with Gasteiger partial charge in [0.05, 0.1) is 0 Å². The van der Waals surface area contributed by atoms with Crippen LogP contribution in [0.4, 0.5) is 5.69 Å². The fraction of sp³-hybridized carbons (Fsp3) is 0.0625. The van der Waals surface area contributed by atoms with E-state index in [9.17, 15) is 9.59 Å². The Morgan fingerprint density at radius 2 is 2.09 bits per heavy atom. The van der Waals surface area contributed by atoms with Crippen molar-refractivity contribution in [3.63, 3.8) is 0 Å². The number of nitrogens with one attached hydrogen (secondary N) is 1. The number of carbonyl (C=O) groups is 1. The molecule has 0 aliphatic rings. The fourth-order valence-electron chi connectivity index (χ4n) is 2.05. The van der Waals surface area contributed by atoms with Crippen LogP contribution in [0.5, 0.6) is 0 Å². The number of pyridine rings is 1. The van der Waals surface area contributed by atoms with Gasteiger partial charge in [0.1, 0.15) is 11.2 Å². The standard InChI is InChI=1S/C16H12IN3O2/c1-10-5-6-11(8-13(10)17)19-15(21)12-9-18-14-4-2-3-7-20(14)16(12)22/h2-9H,1H3,(H,19,21). The van der Waals surface area contributed by atoms with Crippen molar-refractivity contribution in [2.24, 2.45) is 0 Å². The average molecular weight is 405 g/mol. The smallest absolute Gasteiger partial charge is 0.270 e. The SMILES string of the molecule is Cc1ccc(NC(=O)c2cnc3ccccn3c2=O)cc1I. The molecule has 1 aromatic carbocycles. The van der Waals surface area contributed by atoms with Gasteiger partial charge in [-0.05, 0) is 59.3 Å². The Labute approximate surface area is 140 Å². The van der Waals surface area contributed by atoms with Gasteiger partial charge in [-0.25, -0.2) is 4.98 Å². The molecule has 3 rings (SSSR count). The summed E-state index contributed by atoms with van der Waals surface area (Å²) in [6, 6.07) is 10.8. The lowest BCUT2D eigenvalue weighted by molar-refractivity contribution is 0.102. The Morgan fingerprint density at radius 3 is 2.86 bits per heavy atom. The molecule has 0 aliphatic carbocycles. The molecular weight excluding hydrogens is 393 g/mol. The number of carbonyl (C=O) groups excluding carboxylic acids is 1. The fourth-order valence-corrected chi connectivity index (χ4v) is 2.57. The van der Waals surface area contributed by atoms with Crippen LogP contribution in [0.15, 0.2) is 53.6 Å². The third kappa shape index (κ3) is 2.74. The van der Waals surface area contributed by atoms with Gasteiger partial charge in [-0.1, -0.05) is 12.1 Å². The summed E-state index contributed by atoms with van der Waals surface area (Å²) >= 11 is 2.20. The zero-order chi connectivity index (χ0) is 15.7. The lowest BCUT2D eigenvalue weighted by atomic mass is 10.2. The summed E-state index contributed by atoms with van der Waals surface area (Å²) in [5.41, 5.74) is 1.92. The van der Waals surface area contributed by atoms with Gasteiger partial charge >= 0.3 is 0 Å². The number of hydrogen-bond acceptors (Lipinski definition) is 3. The Bertz CT molecular complexity index is 934. The largest absolute Gasteiger partial charge is 0.322 e. The number of benzene rings is 1. The van der Waals surface area contributed by atoms with Crippen LogP contribution in [0.25, 0.3) is 5.65 Å². The summed E-state index contributed by atoms with van der Waals surface area (Å²) in [6.45, 7) is 1.99. The number of halogens is 1. The van der Waals surface area contributed by atoms with E-state index in [1.807, 2.05) is 25.1 Å². The van der Waals surface area contributed by atoms with E-state index in [1.54, 1.807) is 24.4 Å². The van der Waals surface area contributed by atoms with Gasteiger partial charge in [-0.2, -0.15) is 0 Å². The van der Waals surface area contributed by atoms with Gasteiger partial charge in [0.25, 0.3) is 11.5 Å². The van der Waals surface area contributed by atoms with Crippen molar-refractivity contribution in [1.29, 1.82) is 0 Å². The second kappa shape index (κ2) is 5.88. The maximum Gasteiger partial charge on any atom is 0.270 e. The molecule has 110 valence electrons. The average Bonchev–Trinajstić information content (AvgIpc) is 2.51. The Kier molecular flexibility index (Phi) is 3.93. The molecule has 2 heterocycles. The highest BCUT2D eigenvalue weighted by atomic mass is 127. The molecule has 1 amide bonds. The van der Waals surface area contributed by atoms with Crippen LogP contribution in [-0.2, 0) is 0 Å². The molecule has 0 bridgehead atoms. The van der Waals surface area contributed by atoms with E-state index in [-0.39, 0.29) is 11.1 Å². The zero-order valence-corrected chi connectivity index (χ0v) is 13.9. The number of nitrogens with zero attached hydrogens (tertiary/aromatic N) is 2. The first kappa shape index (κ1) is 14.7. The van der Waals surface area contributed by atoms with Crippen LogP contribution in [0, 0.1) is 10.5 Å². The molecule has 3 aromatic rings. The van der Waals surface area contributed by atoms with E-state index in [0.717, 1.165) is 9.13 Å². The highest BCUT2D eigenvalue weighted by Gasteiger charge is 2.13. The number of fused-ring (bicyclic) bond motifs is 1. The van der Waals surface area contributed by atoms with Gasteiger partial charge in [0, 0.05) is 21.7 Å². The Balaban J connectivity index is 1.97. The van der Waals surface area contributed by atoms with Gasteiger partial charge in [0.2, 0.25) is 0 Å². The van der Waals surface area contributed by atoms with Crippen molar-refractivity contribution in [3.8, 4) is 0 Å². The summed E-state index contributed by atoms with van der Waals surface area (Å²) in [5, 5.41) is 2.73. The molecular formula is C16H12IN3O2. The van der Waals surface area contributed by atoms with Crippen molar-refractivity contribution in [1.82, 2.24) is 9.38 Å². The quantitative estimate of drug-likeness (QED) is 0.668. The molecule has 0 radical (unpaired) electrons. The first-order valence-corrected chi connectivity index (χ1v) is 7.68. The summed E-state index contributed by atoms with van der Waals surface area (Å²) in [4.78, 5) is 28.8. The molecule has 2 aromatic heterocycles. The van der Waals surface area contributed by atoms with E-state index in [1.165, 1.54) is 10.6 Å². The number of anilines is 1. The van der Waals surface area contributed by atoms with Gasteiger partial charge in [-0.15, -0.1) is 0 Å². The van der Waals surface area contributed by atoms with Crippen LogP contribution >= 0.6 is 22.6 Å². The topological polar surface area (TPSA) is 63.5 Å². The second-order valence-electron chi connectivity index (χ2n) is 4.82. The van der Waals surface area contributed by atoms with Crippen molar-refractivity contribution in [3.05, 3.63) is 73.8 Å². The lowest BCUT2D eigenvalue weighted by Gasteiger charge is -2.07. The number of aryl methyl sites for hydroxylation is 1. The van der Waals surface area contributed by atoms with E-state index >= 15 is 0 Å². The molecule has 22 heavy (non-hydrogen) atoms. The molecule has 0 unspecified atom stereocenters. The molecule has 0 spiro atoms. The minimum atomic E-state index is -0.463. The number of rotatable bonds is 2. The minimum absolute atomic E-state index is 0.0132. The number of amides is 1. The molecule has 0 fully saturated rings.